The monoisotopic (exact) mass is 246 g/mol. The average molecular weight is 246 g/mol. The van der Waals surface area contributed by atoms with Gasteiger partial charge in [0.25, 0.3) is 0 Å². The van der Waals surface area contributed by atoms with Crippen molar-refractivity contribution in [2.75, 3.05) is 0 Å². The molecule has 1 heteroatoms. The number of unbranched alkanes of at least 4 members (excludes halogenated alkanes) is 5. The Labute approximate surface area is 112 Å². The van der Waals surface area contributed by atoms with Crippen molar-refractivity contribution in [2.24, 2.45) is 0 Å². The first-order valence-electron chi connectivity index (χ1n) is 6.92. The summed E-state index contributed by atoms with van der Waals surface area (Å²) >= 11 is 0. The van der Waals surface area contributed by atoms with Crippen LogP contribution in [-0.2, 0) is 0 Å². The molecule has 1 nitrogen and oxygen atoms in total. The van der Waals surface area contributed by atoms with Crippen molar-refractivity contribution in [2.45, 2.75) is 58.0 Å². The fourth-order valence-corrected chi connectivity index (χ4v) is 1.47. The molecule has 0 aliphatic rings. The Morgan fingerprint density at radius 3 is 2.67 bits per heavy atom. The van der Waals surface area contributed by atoms with Crippen molar-refractivity contribution < 1.29 is 5.11 Å². The molecule has 0 aromatic rings. The van der Waals surface area contributed by atoms with Crippen LogP contribution in [0.5, 0.6) is 0 Å². The third-order valence-electron chi connectivity index (χ3n) is 2.58. The highest BCUT2D eigenvalue weighted by molar-refractivity contribution is 5.19. The summed E-state index contributed by atoms with van der Waals surface area (Å²) in [6.45, 7) is 5.71. The predicted molar refractivity (Wildman–Crippen MR) is 80.3 cm³/mol. The first kappa shape index (κ1) is 16.7. The van der Waals surface area contributed by atoms with Crippen LogP contribution in [0.15, 0.2) is 37.0 Å². The van der Waals surface area contributed by atoms with Crippen molar-refractivity contribution in [1.82, 2.24) is 0 Å². The first-order valence-corrected chi connectivity index (χ1v) is 6.92. The predicted octanol–water partition coefficient (Wildman–Crippen LogP) is 4.40. The molecule has 0 unspecified atom stereocenters. The molecule has 0 radical (unpaired) electrons. The van der Waals surface area contributed by atoms with Gasteiger partial charge in [0.15, 0.2) is 0 Å². The zero-order valence-electron chi connectivity index (χ0n) is 11.6. The van der Waals surface area contributed by atoms with Crippen molar-refractivity contribution in [3.63, 3.8) is 0 Å². The molecule has 0 aromatic heterocycles. The highest BCUT2D eigenvalue weighted by atomic mass is 16.3. The van der Waals surface area contributed by atoms with Crippen LogP contribution in [0.4, 0.5) is 0 Å². The Morgan fingerprint density at radius 2 is 1.94 bits per heavy atom. The van der Waals surface area contributed by atoms with E-state index in [1.165, 1.54) is 38.2 Å². The van der Waals surface area contributed by atoms with Crippen molar-refractivity contribution in [3.8, 4) is 11.8 Å². The number of aliphatic hydroxyl groups is 1. The minimum absolute atomic E-state index is 0.585. The summed E-state index contributed by atoms with van der Waals surface area (Å²) in [4.78, 5) is 0. The number of aliphatic hydroxyl groups excluding tert-OH is 1. The van der Waals surface area contributed by atoms with Crippen LogP contribution in [0.3, 0.4) is 0 Å². The van der Waals surface area contributed by atoms with Gasteiger partial charge in [-0.15, -0.1) is 6.58 Å². The van der Waals surface area contributed by atoms with Gasteiger partial charge in [-0.25, -0.2) is 0 Å². The lowest BCUT2D eigenvalue weighted by atomic mass is 10.1. The Morgan fingerprint density at radius 1 is 1.17 bits per heavy atom. The summed E-state index contributed by atoms with van der Waals surface area (Å²) in [5.74, 6) is 5.89. The van der Waals surface area contributed by atoms with Crippen LogP contribution >= 0.6 is 0 Å². The Hall–Kier alpha value is -1.26. The van der Waals surface area contributed by atoms with E-state index in [9.17, 15) is 0 Å². The maximum Gasteiger partial charge on any atom is 0.0909 e. The number of hydrogen-bond acceptors (Lipinski definition) is 1. The molecule has 0 saturated carbocycles. The molecule has 18 heavy (non-hydrogen) atoms. The molecule has 0 bridgehead atoms. The third-order valence-corrected chi connectivity index (χ3v) is 2.58. The quantitative estimate of drug-likeness (QED) is 0.363. The maximum atomic E-state index is 9.13. The number of allylic oxidation sites excluding steroid dienone is 3. The number of rotatable bonds is 9. The molecule has 0 aromatic carbocycles. The maximum absolute atomic E-state index is 9.13. The molecule has 0 fully saturated rings. The molecule has 0 rings (SSSR count). The molecule has 0 heterocycles. The third kappa shape index (κ3) is 12.8. The van der Waals surface area contributed by atoms with E-state index in [0.29, 0.717) is 0 Å². The van der Waals surface area contributed by atoms with E-state index in [2.05, 4.69) is 37.5 Å². The fraction of sp³-hybridized carbons (Fsp3) is 0.529. The van der Waals surface area contributed by atoms with Gasteiger partial charge < -0.3 is 5.11 Å². The molecular weight excluding hydrogens is 220 g/mol. The number of hydrogen-bond donors (Lipinski definition) is 1. The molecular formula is C17H26O. The van der Waals surface area contributed by atoms with E-state index >= 15 is 0 Å². The van der Waals surface area contributed by atoms with Gasteiger partial charge in [0.2, 0.25) is 0 Å². The largest absolute Gasteiger partial charge is 0.385 e. The smallest absolute Gasteiger partial charge is 0.0909 e. The second-order valence-electron chi connectivity index (χ2n) is 4.28. The van der Waals surface area contributed by atoms with Gasteiger partial charge in [0.05, 0.1) is 6.10 Å². The molecule has 100 valence electrons. The zero-order chi connectivity index (χ0) is 13.5. The van der Waals surface area contributed by atoms with E-state index in [4.69, 9.17) is 5.11 Å². The summed E-state index contributed by atoms with van der Waals surface area (Å²) < 4.78 is 0. The molecule has 0 aliphatic carbocycles. The summed E-state index contributed by atoms with van der Waals surface area (Å²) in [5, 5.41) is 9.13. The van der Waals surface area contributed by atoms with Crippen LogP contribution in [0, 0.1) is 11.8 Å². The Bertz CT molecular complexity index is 301. The van der Waals surface area contributed by atoms with Crippen LogP contribution in [-0.4, -0.2) is 11.2 Å². The average Bonchev–Trinajstić information content (AvgIpc) is 2.39. The van der Waals surface area contributed by atoms with Gasteiger partial charge in [-0.05, 0) is 25.0 Å². The topological polar surface area (TPSA) is 20.2 Å². The normalized spacial score (nSPS) is 12.6. The second kappa shape index (κ2) is 13.8. The zero-order valence-corrected chi connectivity index (χ0v) is 11.6. The lowest BCUT2D eigenvalue weighted by Crippen LogP contribution is -1.93. The van der Waals surface area contributed by atoms with Crippen LogP contribution in [0.2, 0.25) is 0 Å². The molecule has 0 saturated heterocycles. The van der Waals surface area contributed by atoms with Gasteiger partial charge in [-0.3, -0.25) is 0 Å². The van der Waals surface area contributed by atoms with Gasteiger partial charge in [-0.2, -0.15) is 0 Å². The Kier molecular flexibility index (Phi) is 12.8. The van der Waals surface area contributed by atoms with Gasteiger partial charge in [0.1, 0.15) is 0 Å². The molecule has 0 spiro atoms. The van der Waals surface area contributed by atoms with Crippen LogP contribution in [0.25, 0.3) is 0 Å². The first-order chi connectivity index (χ1) is 8.81. The molecule has 0 aliphatic heterocycles. The second-order valence-corrected chi connectivity index (χ2v) is 4.28. The standard InChI is InChI=1S/C17H26O/c1-3-5-6-7-8-9-10-11-12-13-14-15-16-17(18)4-2/h4,10-11,15-18H,2-3,5-9,12H2,1H3/b11-10-,16-15+/t17-/m1/s1. The van der Waals surface area contributed by atoms with E-state index in [1.807, 2.05) is 0 Å². The van der Waals surface area contributed by atoms with Crippen molar-refractivity contribution in [3.05, 3.63) is 37.0 Å². The lowest BCUT2D eigenvalue weighted by molar-refractivity contribution is 0.272. The van der Waals surface area contributed by atoms with E-state index in [0.717, 1.165) is 12.8 Å². The summed E-state index contributed by atoms with van der Waals surface area (Å²) in [7, 11) is 0. The minimum atomic E-state index is -0.585. The highest BCUT2D eigenvalue weighted by Crippen LogP contribution is 2.05. The van der Waals surface area contributed by atoms with Crippen molar-refractivity contribution >= 4 is 0 Å². The SMILES string of the molecule is C=C[C@@H](O)/C=C/C#CC/C=C\CCCCCCC. The Balaban J connectivity index is 3.45. The minimum Gasteiger partial charge on any atom is -0.385 e. The molecule has 0 amide bonds. The summed E-state index contributed by atoms with van der Waals surface area (Å²) in [6, 6.07) is 0. The van der Waals surface area contributed by atoms with E-state index < -0.39 is 6.10 Å². The van der Waals surface area contributed by atoms with Gasteiger partial charge in [-0.1, -0.05) is 62.7 Å². The van der Waals surface area contributed by atoms with Gasteiger partial charge in [0, 0.05) is 6.42 Å². The van der Waals surface area contributed by atoms with E-state index in [1.54, 1.807) is 12.2 Å². The molecule has 1 atom stereocenters. The van der Waals surface area contributed by atoms with Crippen LogP contribution < -0.4 is 0 Å². The summed E-state index contributed by atoms with van der Waals surface area (Å²) in [5.41, 5.74) is 0. The summed E-state index contributed by atoms with van der Waals surface area (Å²) in [6.07, 6.45) is 17.1. The van der Waals surface area contributed by atoms with Crippen molar-refractivity contribution in [1.29, 1.82) is 0 Å². The van der Waals surface area contributed by atoms with Gasteiger partial charge >= 0.3 is 0 Å². The highest BCUT2D eigenvalue weighted by Gasteiger charge is 1.86. The van der Waals surface area contributed by atoms with Crippen LogP contribution in [0.1, 0.15) is 51.9 Å². The molecule has 1 N–H and O–H groups in total. The van der Waals surface area contributed by atoms with E-state index in [-0.39, 0.29) is 0 Å². The fourth-order valence-electron chi connectivity index (χ4n) is 1.47. The lowest BCUT2D eigenvalue weighted by Gasteiger charge is -1.95.